The predicted octanol–water partition coefficient (Wildman–Crippen LogP) is 2.60. The van der Waals surface area contributed by atoms with Crippen LogP contribution in [-0.2, 0) is 4.79 Å². The van der Waals surface area contributed by atoms with E-state index in [1.807, 2.05) is 37.3 Å². The zero-order chi connectivity index (χ0) is 8.97. The van der Waals surface area contributed by atoms with Gasteiger partial charge >= 0.3 is 0 Å². The van der Waals surface area contributed by atoms with Crippen LogP contribution in [0.2, 0.25) is 0 Å². The third kappa shape index (κ3) is 2.70. The molecule has 0 spiro atoms. The number of aryl methyl sites for hydroxylation is 1. The second-order valence-corrected chi connectivity index (χ2v) is 2.85. The number of benzene rings is 1. The van der Waals surface area contributed by atoms with Crippen molar-refractivity contribution in [3.8, 4) is 0 Å². The number of hydrogen-bond donors (Lipinski definition) is 0. The summed E-state index contributed by atoms with van der Waals surface area (Å²) in [5, 5.41) is 0. The van der Waals surface area contributed by atoms with Crippen molar-refractivity contribution >= 4 is 11.9 Å². The van der Waals surface area contributed by atoms with Gasteiger partial charge in [0.15, 0.2) is 5.78 Å². The molecule has 1 aromatic carbocycles. The summed E-state index contributed by atoms with van der Waals surface area (Å²) in [7, 11) is 0. The van der Waals surface area contributed by atoms with E-state index in [1.54, 1.807) is 13.0 Å². The first-order chi connectivity index (χ1) is 5.68. The molecule has 0 saturated heterocycles. The third-order valence-electron chi connectivity index (χ3n) is 1.59. The van der Waals surface area contributed by atoms with Crippen LogP contribution in [0.5, 0.6) is 0 Å². The number of carbonyl (C=O) groups excluding carboxylic acids is 1. The molecule has 0 aliphatic rings. The predicted molar refractivity (Wildman–Crippen MR) is 50.9 cm³/mol. The summed E-state index contributed by atoms with van der Waals surface area (Å²) in [6, 6.07) is 8.04. The maximum Gasteiger partial charge on any atom is 0.152 e. The van der Waals surface area contributed by atoms with Gasteiger partial charge < -0.3 is 0 Å². The van der Waals surface area contributed by atoms with E-state index >= 15 is 0 Å². The highest BCUT2D eigenvalue weighted by Crippen LogP contribution is 2.04. The minimum absolute atomic E-state index is 0.0792. The van der Waals surface area contributed by atoms with E-state index in [0.717, 1.165) is 5.56 Å². The summed E-state index contributed by atoms with van der Waals surface area (Å²) >= 11 is 0. The Labute approximate surface area is 72.7 Å². The Kier molecular flexibility index (Phi) is 2.81. The quantitative estimate of drug-likeness (QED) is 0.608. The molecule has 1 heteroatoms. The van der Waals surface area contributed by atoms with Gasteiger partial charge in [-0.05, 0) is 25.5 Å². The highest BCUT2D eigenvalue weighted by Gasteiger charge is 1.86. The number of hydrogen-bond acceptors (Lipinski definition) is 1. The molecule has 1 aromatic rings. The van der Waals surface area contributed by atoms with Crippen LogP contribution in [0.3, 0.4) is 0 Å². The van der Waals surface area contributed by atoms with Crippen molar-refractivity contribution in [2.45, 2.75) is 13.8 Å². The molecule has 62 valence electrons. The van der Waals surface area contributed by atoms with Crippen molar-refractivity contribution in [2.75, 3.05) is 0 Å². The number of rotatable bonds is 2. The molecule has 0 fully saturated rings. The molecule has 0 N–H and O–H groups in total. The van der Waals surface area contributed by atoms with Crippen molar-refractivity contribution in [1.29, 1.82) is 0 Å². The molecule has 1 nitrogen and oxygen atoms in total. The maximum absolute atomic E-state index is 10.6. The molecule has 0 saturated carbocycles. The van der Waals surface area contributed by atoms with Crippen molar-refractivity contribution in [3.63, 3.8) is 0 Å². The maximum atomic E-state index is 10.6. The highest BCUT2D eigenvalue weighted by molar-refractivity contribution is 5.91. The van der Waals surface area contributed by atoms with Crippen LogP contribution in [0.15, 0.2) is 30.3 Å². The fourth-order valence-corrected chi connectivity index (χ4v) is 0.891. The molecule has 0 aliphatic carbocycles. The van der Waals surface area contributed by atoms with Gasteiger partial charge in [-0.2, -0.15) is 0 Å². The van der Waals surface area contributed by atoms with E-state index in [1.165, 1.54) is 5.56 Å². The van der Waals surface area contributed by atoms with Gasteiger partial charge in [0.25, 0.3) is 0 Å². The van der Waals surface area contributed by atoms with Crippen LogP contribution in [0.4, 0.5) is 0 Å². The van der Waals surface area contributed by atoms with Crippen LogP contribution < -0.4 is 0 Å². The van der Waals surface area contributed by atoms with Gasteiger partial charge in [-0.3, -0.25) is 4.79 Å². The number of ketones is 1. The zero-order valence-corrected chi connectivity index (χ0v) is 7.37. The lowest BCUT2D eigenvalue weighted by Crippen LogP contribution is -1.80. The van der Waals surface area contributed by atoms with Crippen LogP contribution in [0.25, 0.3) is 6.08 Å². The largest absolute Gasteiger partial charge is 0.295 e. The highest BCUT2D eigenvalue weighted by atomic mass is 16.1. The van der Waals surface area contributed by atoms with Gasteiger partial charge in [-0.1, -0.05) is 35.9 Å². The molecule has 0 amide bonds. The lowest BCUT2D eigenvalue weighted by molar-refractivity contribution is -0.112. The SMILES string of the molecule is CC(=O)/C=C\c1ccc(C)cc1. The van der Waals surface area contributed by atoms with Crippen molar-refractivity contribution in [2.24, 2.45) is 0 Å². The third-order valence-corrected chi connectivity index (χ3v) is 1.59. The second kappa shape index (κ2) is 3.86. The fourth-order valence-electron chi connectivity index (χ4n) is 0.891. The van der Waals surface area contributed by atoms with E-state index in [9.17, 15) is 4.79 Å². The number of carbonyl (C=O) groups is 1. The molecular formula is C11H12O. The molecule has 12 heavy (non-hydrogen) atoms. The van der Waals surface area contributed by atoms with Gasteiger partial charge in [0.1, 0.15) is 0 Å². The Morgan fingerprint density at radius 1 is 1.25 bits per heavy atom. The lowest BCUT2D eigenvalue weighted by Gasteiger charge is -1.93. The van der Waals surface area contributed by atoms with Crippen molar-refractivity contribution in [3.05, 3.63) is 41.5 Å². The minimum Gasteiger partial charge on any atom is -0.295 e. The van der Waals surface area contributed by atoms with Gasteiger partial charge in [0.2, 0.25) is 0 Å². The first-order valence-electron chi connectivity index (χ1n) is 3.94. The Morgan fingerprint density at radius 3 is 2.33 bits per heavy atom. The summed E-state index contributed by atoms with van der Waals surface area (Å²) in [5.41, 5.74) is 2.30. The van der Waals surface area contributed by atoms with Gasteiger partial charge in [0, 0.05) is 0 Å². The number of allylic oxidation sites excluding steroid dienone is 1. The van der Waals surface area contributed by atoms with Gasteiger partial charge in [-0.25, -0.2) is 0 Å². The van der Waals surface area contributed by atoms with Crippen molar-refractivity contribution in [1.82, 2.24) is 0 Å². The summed E-state index contributed by atoms with van der Waals surface area (Å²) in [5.74, 6) is 0.0792. The Balaban J connectivity index is 2.77. The van der Waals surface area contributed by atoms with Crippen LogP contribution in [0.1, 0.15) is 18.1 Å². The van der Waals surface area contributed by atoms with E-state index in [-0.39, 0.29) is 5.78 Å². The topological polar surface area (TPSA) is 17.1 Å². The van der Waals surface area contributed by atoms with Crippen LogP contribution in [-0.4, -0.2) is 5.78 Å². The lowest BCUT2D eigenvalue weighted by atomic mass is 10.1. The summed E-state index contributed by atoms with van der Waals surface area (Å²) in [6.07, 6.45) is 3.40. The van der Waals surface area contributed by atoms with E-state index in [0.29, 0.717) is 0 Å². The van der Waals surface area contributed by atoms with Crippen LogP contribution >= 0.6 is 0 Å². The summed E-state index contributed by atoms with van der Waals surface area (Å²) < 4.78 is 0. The molecule has 0 radical (unpaired) electrons. The van der Waals surface area contributed by atoms with E-state index in [2.05, 4.69) is 0 Å². The first kappa shape index (κ1) is 8.72. The van der Waals surface area contributed by atoms with Gasteiger partial charge in [-0.15, -0.1) is 0 Å². The Hall–Kier alpha value is -1.37. The van der Waals surface area contributed by atoms with E-state index < -0.39 is 0 Å². The minimum atomic E-state index is 0.0792. The summed E-state index contributed by atoms with van der Waals surface area (Å²) in [4.78, 5) is 10.6. The normalized spacial score (nSPS) is 10.5. The summed E-state index contributed by atoms with van der Waals surface area (Å²) in [6.45, 7) is 3.59. The van der Waals surface area contributed by atoms with Gasteiger partial charge in [0.05, 0.1) is 0 Å². The zero-order valence-electron chi connectivity index (χ0n) is 7.37. The first-order valence-corrected chi connectivity index (χ1v) is 3.94. The molecule has 0 heterocycles. The standard InChI is InChI=1S/C11H12O/c1-9-3-6-11(7-4-9)8-5-10(2)12/h3-8H,1-2H3/b8-5-. The molecule has 0 unspecified atom stereocenters. The smallest absolute Gasteiger partial charge is 0.152 e. The fraction of sp³-hybridized carbons (Fsp3) is 0.182. The molecule has 0 bridgehead atoms. The molecule has 0 aliphatic heterocycles. The second-order valence-electron chi connectivity index (χ2n) is 2.85. The average Bonchev–Trinajstić information content (AvgIpc) is 2.03. The Bertz CT molecular complexity index is 293. The molecule has 1 rings (SSSR count). The molecule has 0 aromatic heterocycles. The van der Waals surface area contributed by atoms with Crippen LogP contribution in [0, 0.1) is 6.92 Å². The molecular weight excluding hydrogens is 148 g/mol. The average molecular weight is 160 g/mol. The van der Waals surface area contributed by atoms with E-state index in [4.69, 9.17) is 0 Å². The molecule has 0 atom stereocenters. The monoisotopic (exact) mass is 160 g/mol. The Morgan fingerprint density at radius 2 is 1.83 bits per heavy atom. The van der Waals surface area contributed by atoms with Crippen molar-refractivity contribution < 1.29 is 4.79 Å².